The molecule has 0 heterocycles. The molecule has 0 rings (SSSR count). The van der Waals surface area contributed by atoms with Gasteiger partial charge in [-0.05, 0) is 0 Å². The zero-order chi connectivity index (χ0) is 11.3. The van der Waals surface area contributed by atoms with Gasteiger partial charge in [0.1, 0.15) is 6.16 Å². The Kier molecular flexibility index (Phi) is 6.91. The van der Waals surface area contributed by atoms with Gasteiger partial charge in [0.2, 0.25) is 0 Å². The summed E-state index contributed by atoms with van der Waals surface area (Å²) in [4.78, 5) is 40.4. The SMILES string of the molecule is O=C(O)CP(=O)(O)O.O=P(O)(O)S. The van der Waals surface area contributed by atoms with E-state index in [9.17, 15) is 13.9 Å². The number of hydrogen-bond donors (Lipinski definition) is 6. The van der Waals surface area contributed by atoms with E-state index in [-0.39, 0.29) is 0 Å². The fraction of sp³-hybridized carbons (Fsp3) is 0.500. The Morgan fingerprint density at radius 3 is 1.38 bits per heavy atom. The van der Waals surface area contributed by atoms with Gasteiger partial charge in [-0.25, -0.2) is 4.57 Å². The summed E-state index contributed by atoms with van der Waals surface area (Å²) in [5.74, 6) is -1.49. The van der Waals surface area contributed by atoms with Crippen molar-refractivity contribution in [3.63, 3.8) is 0 Å². The van der Waals surface area contributed by atoms with Crippen LogP contribution in [0, 0.1) is 0 Å². The van der Waals surface area contributed by atoms with Gasteiger partial charge in [-0.15, -0.1) is 0 Å². The molecule has 0 bridgehead atoms. The third kappa shape index (κ3) is 47.4. The smallest absolute Gasteiger partial charge is 0.380 e. The molecule has 0 amide bonds. The van der Waals surface area contributed by atoms with Crippen molar-refractivity contribution in [2.45, 2.75) is 0 Å². The zero-order valence-electron chi connectivity index (χ0n) is 6.01. The average Bonchev–Trinajstić information content (AvgIpc) is 1.47. The van der Waals surface area contributed by atoms with Crippen LogP contribution in [0.3, 0.4) is 0 Å². The molecule has 8 nitrogen and oxygen atoms in total. The van der Waals surface area contributed by atoms with Gasteiger partial charge in [-0.2, -0.15) is 0 Å². The van der Waals surface area contributed by atoms with Gasteiger partial charge in [-0.1, -0.05) is 12.2 Å². The van der Waals surface area contributed by atoms with Crippen LogP contribution in [-0.2, 0) is 13.9 Å². The largest absolute Gasteiger partial charge is 0.481 e. The van der Waals surface area contributed by atoms with Crippen molar-refractivity contribution < 1.29 is 38.6 Å². The van der Waals surface area contributed by atoms with E-state index >= 15 is 0 Å². The van der Waals surface area contributed by atoms with Crippen molar-refractivity contribution >= 4 is 32.6 Å². The van der Waals surface area contributed by atoms with Crippen LogP contribution in [0.15, 0.2) is 0 Å². The zero-order valence-corrected chi connectivity index (χ0v) is 8.69. The summed E-state index contributed by atoms with van der Waals surface area (Å²) in [5.41, 5.74) is 0. The number of carboxylic acids is 1. The molecule has 80 valence electrons. The maximum absolute atomic E-state index is 9.76. The van der Waals surface area contributed by atoms with E-state index in [0.29, 0.717) is 0 Å². The Bertz CT molecular complexity index is 241. The van der Waals surface area contributed by atoms with Gasteiger partial charge < -0.3 is 24.7 Å². The summed E-state index contributed by atoms with van der Waals surface area (Å²) in [7, 11) is -4.32. The summed E-state index contributed by atoms with van der Waals surface area (Å²) in [6, 6.07) is 0. The number of carbonyl (C=O) groups is 1. The van der Waals surface area contributed by atoms with Crippen LogP contribution in [0.4, 0.5) is 0 Å². The second-order valence-corrected chi connectivity index (χ2v) is 5.97. The third-order valence-electron chi connectivity index (χ3n) is 0.341. The van der Waals surface area contributed by atoms with Gasteiger partial charge in [-0.3, -0.25) is 9.36 Å². The van der Waals surface area contributed by atoms with E-state index in [1.807, 2.05) is 0 Å². The van der Waals surface area contributed by atoms with E-state index in [2.05, 4.69) is 12.2 Å². The van der Waals surface area contributed by atoms with E-state index in [1.54, 1.807) is 0 Å². The van der Waals surface area contributed by atoms with Crippen molar-refractivity contribution in [1.29, 1.82) is 0 Å². The first-order valence-corrected chi connectivity index (χ1v) is 7.03. The molecule has 13 heavy (non-hydrogen) atoms. The molecule has 0 spiro atoms. The molecule has 0 aromatic heterocycles. The van der Waals surface area contributed by atoms with Gasteiger partial charge in [0.05, 0.1) is 0 Å². The lowest BCUT2D eigenvalue weighted by molar-refractivity contribution is -0.134. The molecule has 0 saturated carbocycles. The number of aliphatic carboxylic acids is 1. The summed E-state index contributed by atoms with van der Waals surface area (Å²) in [6.07, 6.45) is -1.09. The van der Waals surface area contributed by atoms with Crippen LogP contribution in [0.5, 0.6) is 0 Å². The molecule has 0 aromatic carbocycles. The van der Waals surface area contributed by atoms with Crippen LogP contribution in [0.25, 0.3) is 0 Å². The fourth-order valence-electron chi connectivity index (χ4n) is 0.176. The highest BCUT2D eigenvalue weighted by Crippen LogP contribution is 2.39. The molecule has 0 aliphatic heterocycles. The van der Waals surface area contributed by atoms with E-state index < -0.39 is 26.5 Å². The molecule has 11 heteroatoms. The third-order valence-corrected chi connectivity index (χ3v) is 1.02. The second kappa shape index (κ2) is 5.77. The lowest BCUT2D eigenvalue weighted by atomic mass is 10.8. The maximum atomic E-state index is 9.76. The molecular weight excluding hydrogens is 246 g/mol. The molecule has 0 atom stereocenters. The number of thiol groups is 1. The molecular formula is C2H8O8P2S. The minimum Gasteiger partial charge on any atom is -0.481 e. The van der Waals surface area contributed by atoms with Crippen LogP contribution in [-0.4, -0.2) is 36.8 Å². The first kappa shape index (κ1) is 15.6. The quantitative estimate of drug-likeness (QED) is 0.278. The number of carboxylic acid groups (broad SMARTS) is 1. The molecule has 0 aromatic rings. The van der Waals surface area contributed by atoms with E-state index in [0.717, 1.165) is 0 Å². The summed E-state index contributed by atoms with van der Waals surface area (Å²) < 4.78 is 18.9. The molecule has 0 saturated heterocycles. The standard InChI is InChI=1S/C2H5O5P.H3O3PS/c3-2(4)1-8(5,6)7;1-4(2,3)5/h1H2,(H,3,4)(H2,5,6,7);(H3,1,2,3,5). The maximum Gasteiger partial charge on any atom is 0.380 e. The summed E-state index contributed by atoms with van der Waals surface area (Å²) >= 11 is 2.79. The van der Waals surface area contributed by atoms with Gasteiger partial charge in [0.15, 0.2) is 0 Å². The normalized spacial score (nSPS) is 11.5. The van der Waals surface area contributed by atoms with Crippen LogP contribution in [0.2, 0.25) is 0 Å². The number of rotatable bonds is 2. The Labute approximate surface area is 78.1 Å². The Morgan fingerprint density at radius 1 is 1.15 bits per heavy atom. The Morgan fingerprint density at radius 2 is 1.38 bits per heavy atom. The van der Waals surface area contributed by atoms with Crippen molar-refractivity contribution in [2.75, 3.05) is 6.16 Å². The molecule has 0 fully saturated rings. The van der Waals surface area contributed by atoms with Crippen molar-refractivity contribution in [3.05, 3.63) is 0 Å². The highest BCUT2D eigenvalue weighted by atomic mass is 32.7. The average molecular weight is 254 g/mol. The lowest BCUT2D eigenvalue weighted by Crippen LogP contribution is -2.01. The summed E-state index contributed by atoms with van der Waals surface area (Å²) in [6.45, 7) is -3.94. The minimum absolute atomic E-state index is 1.09. The predicted molar refractivity (Wildman–Crippen MR) is 45.6 cm³/mol. The molecule has 0 aliphatic rings. The molecule has 0 unspecified atom stereocenters. The summed E-state index contributed by atoms with van der Waals surface area (Å²) in [5, 5.41) is 7.76. The highest BCUT2D eigenvalue weighted by molar-refractivity contribution is 8.43. The first-order chi connectivity index (χ1) is 5.42. The van der Waals surface area contributed by atoms with Crippen molar-refractivity contribution in [3.8, 4) is 0 Å². The van der Waals surface area contributed by atoms with Crippen molar-refractivity contribution in [1.82, 2.24) is 0 Å². The molecule has 0 radical (unpaired) electrons. The van der Waals surface area contributed by atoms with Crippen LogP contribution < -0.4 is 0 Å². The minimum atomic E-state index is -4.32. The first-order valence-electron chi connectivity index (χ1n) is 2.46. The van der Waals surface area contributed by atoms with Gasteiger partial charge >= 0.3 is 20.4 Å². The monoisotopic (exact) mass is 254 g/mol. The van der Waals surface area contributed by atoms with Gasteiger partial charge in [0, 0.05) is 0 Å². The van der Waals surface area contributed by atoms with E-state index in [4.69, 9.17) is 24.7 Å². The van der Waals surface area contributed by atoms with Gasteiger partial charge in [0.25, 0.3) is 0 Å². The highest BCUT2D eigenvalue weighted by Gasteiger charge is 2.17. The lowest BCUT2D eigenvalue weighted by Gasteiger charge is -1.95. The molecule has 5 N–H and O–H groups in total. The van der Waals surface area contributed by atoms with Crippen LogP contribution in [0.1, 0.15) is 0 Å². The second-order valence-electron chi connectivity index (χ2n) is 1.73. The van der Waals surface area contributed by atoms with Crippen LogP contribution >= 0.6 is 26.6 Å². The molecule has 0 aliphatic carbocycles. The number of hydrogen-bond acceptors (Lipinski definition) is 3. The van der Waals surface area contributed by atoms with E-state index in [1.165, 1.54) is 0 Å². The topological polar surface area (TPSA) is 152 Å². The Balaban J connectivity index is 0. The Hall–Kier alpha value is 0.120. The fourth-order valence-corrected chi connectivity index (χ4v) is 0.529. The van der Waals surface area contributed by atoms with Crippen molar-refractivity contribution in [2.24, 2.45) is 0 Å². The predicted octanol–water partition coefficient (Wildman–Crippen LogP) is -0.742.